The first-order chi connectivity index (χ1) is 8.58. The van der Waals surface area contributed by atoms with E-state index in [-0.39, 0.29) is 11.5 Å². The van der Waals surface area contributed by atoms with E-state index in [1.165, 1.54) is 35.6 Å². The number of hydrogen-bond donors (Lipinski definition) is 0. The SMILES string of the molecule is O=C(c1ccc(OC(F)F)cc1)c1sccc1Cl. The molecule has 0 amide bonds. The molecule has 0 spiro atoms. The van der Waals surface area contributed by atoms with Crippen molar-refractivity contribution in [2.24, 2.45) is 0 Å². The minimum Gasteiger partial charge on any atom is -0.435 e. The number of hydrogen-bond acceptors (Lipinski definition) is 3. The summed E-state index contributed by atoms with van der Waals surface area (Å²) in [6, 6.07) is 7.13. The number of ketones is 1. The maximum absolute atomic E-state index is 12.0. The number of carbonyl (C=O) groups excluding carboxylic acids is 1. The van der Waals surface area contributed by atoms with Crippen LogP contribution in [0.25, 0.3) is 0 Å². The topological polar surface area (TPSA) is 26.3 Å². The van der Waals surface area contributed by atoms with Gasteiger partial charge in [0.05, 0.1) is 9.90 Å². The fraction of sp³-hybridized carbons (Fsp3) is 0.0833. The van der Waals surface area contributed by atoms with Crippen LogP contribution in [0.5, 0.6) is 5.75 Å². The van der Waals surface area contributed by atoms with Crippen LogP contribution in [0.2, 0.25) is 5.02 Å². The summed E-state index contributed by atoms with van der Waals surface area (Å²) in [6.45, 7) is -2.88. The lowest BCUT2D eigenvalue weighted by molar-refractivity contribution is -0.0498. The van der Waals surface area contributed by atoms with Gasteiger partial charge in [-0.25, -0.2) is 0 Å². The van der Waals surface area contributed by atoms with Gasteiger partial charge in [-0.15, -0.1) is 11.3 Å². The molecule has 1 aromatic carbocycles. The molecule has 0 aliphatic heterocycles. The minimum absolute atomic E-state index is 0.0128. The molecule has 6 heteroatoms. The molecular formula is C12H7ClF2O2S. The van der Waals surface area contributed by atoms with Crippen LogP contribution in [0.15, 0.2) is 35.7 Å². The number of thiophene rings is 1. The molecule has 2 nitrogen and oxygen atoms in total. The lowest BCUT2D eigenvalue weighted by Gasteiger charge is -2.04. The Morgan fingerprint density at radius 1 is 1.22 bits per heavy atom. The highest BCUT2D eigenvalue weighted by molar-refractivity contribution is 7.13. The van der Waals surface area contributed by atoms with Crippen molar-refractivity contribution < 1.29 is 18.3 Å². The van der Waals surface area contributed by atoms with Crippen molar-refractivity contribution in [1.29, 1.82) is 0 Å². The van der Waals surface area contributed by atoms with Crippen molar-refractivity contribution in [2.45, 2.75) is 6.61 Å². The Morgan fingerprint density at radius 3 is 2.39 bits per heavy atom. The van der Waals surface area contributed by atoms with Crippen LogP contribution >= 0.6 is 22.9 Å². The maximum Gasteiger partial charge on any atom is 0.387 e. The van der Waals surface area contributed by atoms with E-state index in [1.807, 2.05) is 0 Å². The molecule has 0 bridgehead atoms. The third-order valence-corrected chi connectivity index (χ3v) is 3.51. The third kappa shape index (κ3) is 2.86. The zero-order valence-electron chi connectivity index (χ0n) is 8.90. The zero-order chi connectivity index (χ0) is 13.1. The van der Waals surface area contributed by atoms with E-state index in [9.17, 15) is 13.6 Å². The molecule has 94 valence electrons. The van der Waals surface area contributed by atoms with Crippen LogP contribution in [0.4, 0.5) is 8.78 Å². The van der Waals surface area contributed by atoms with Crippen LogP contribution in [0.1, 0.15) is 15.2 Å². The van der Waals surface area contributed by atoms with Crippen LogP contribution in [-0.2, 0) is 0 Å². The molecule has 1 aromatic heterocycles. The van der Waals surface area contributed by atoms with Gasteiger partial charge in [-0.1, -0.05) is 11.6 Å². The van der Waals surface area contributed by atoms with E-state index in [1.54, 1.807) is 11.4 Å². The summed E-state index contributed by atoms with van der Waals surface area (Å²) in [7, 11) is 0. The van der Waals surface area contributed by atoms with Gasteiger partial charge >= 0.3 is 6.61 Å². The van der Waals surface area contributed by atoms with E-state index >= 15 is 0 Å². The third-order valence-electron chi connectivity index (χ3n) is 2.17. The Labute approximate surface area is 111 Å². The Hall–Kier alpha value is -1.46. The molecule has 0 saturated carbocycles. The average Bonchev–Trinajstić information content (AvgIpc) is 2.75. The number of ether oxygens (including phenoxy) is 1. The van der Waals surface area contributed by atoms with Crippen molar-refractivity contribution in [2.75, 3.05) is 0 Å². The molecule has 0 aliphatic rings. The van der Waals surface area contributed by atoms with E-state index in [2.05, 4.69) is 4.74 Å². The van der Waals surface area contributed by atoms with Gasteiger partial charge < -0.3 is 4.74 Å². The average molecular weight is 289 g/mol. The molecule has 0 radical (unpaired) electrons. The normalized spacial score (nSPS) is 10.7. The van der Waals surface area contributed by atoms with E-state index in [0.717, 1.165) is 0 Å². The standard InChI is InChI=1S/C12H7ClF2O2S/c13-9-5-6-18-11(9)10(16)7-1-3-8(4-2-7)17-12(14)15/h1-6,12H. The molecule has 0 N–H and O–H groups in total. The van der Waals surface area contributed by atoms with Crippen molar-refractivity contribution >= 4 is 28.7 Å². The number of rotatable bonds is 4. The van der Waals surface area contributed by atoms with Crippen molar-refractivity contribution in [3.8, 4) is 5.75 Å². The van der Waals surface area contributed by atoms with Crippen LogP contribution in [-0.4, -0.2) is 12.4 Å². The molecule has 2 aromatic rings. The molecule has 18 heavy (non-hydrogen) atoms. The van der Waals surface area contributed by atoms with E-state index in [0.29, 0.717) is 15.5 Å². The smallest absolute Gasteiger partial charge is 0.387 e. The van der Waals surface area contributed by atoms with Crippen molar-refractivity contribution in [3.63, 3.8) is 0 Å². The van der Waals surface area contributed by atoms with E-state index < -0.39 is 6.61 Å². The fourth-order valence-corrected chi connectivity index (χ4v) is 2.48. The summed E-state index contributed by atoms with van der Waals surface area (Å²) in [5.41, 5.74) is 0.376. The molecule has 0 fully saturated rings. The van der Waals surface area contributed by atoms with Gasteiger partial charge in [0, 0.05) is 5.56 Å². The Balaban J connectivity index is 2.20. The lowest BCUT2D eigenvalue weighted by atomic mass is 10.1. The summed E-state index contributed by atoms with van der Waals surface area (Å²) >= 11 is 7.08. The summed E-state index contributed by atoms with van der Waals surface area (Å²) in [5, 5.41) is 2.10. The monoisotopic (exact) mass is 288 g/mol. The highest BCUT2D eigenvalue weighted by atomic mass is 35.5. The van der Waals surface area contributed by atoms with Crippen LogP contribution in [0.3, 0.4) is 0 Å². The second-order valence-corrected chi connectivity index (χ2v) is 4.65. The Bertz CT molecular complexity index is 551. The van der Waals surface area contributed by atoms with Gasteiger partial charge in [-0.3, -0.25) is 4.79 Å². The van der Waals surface area contributed by atoms with Gasteiger partial charge in [-0.05, 0) is 35.7 Å². The summed E-state index contributed by atoms with van der Waals surface area (Å²) < 4.78 is 28.1. The maximum atomic E-state index is 12.0. The Morgan fingerprint density at radius 2 is 1.89 bits per heavy atom. The van der Waals surface area contributed by atoms with Crippen molar-refractivity contribution in [3.05, 3.63) is 51.2 Å². The highest BCUT2D eigenvalue weighted by Crippen LogP contribution is 2.25. The predicted octanol–water partition coefficient (Wildman–Crippen LogP) is 4.23. The molecular weight excluding hydrogens is 282 g/mol. The molecule has 0 aliphatic carbocycles. The van der Waals surface area contributed by atoms with E-state index in [4.69, 9.17) is 11.6 Å². The number of alkyl halides is 2. The van der Waals surface area contributed by atoms with Gasteiger partial charge in [0.25, 0.3) is 0 Å². The first-order valence-electron chi connectivity index (χ1n) is 4.90. The number of carbonyl (C=O) groups is 1. The quantitative estimate of drug-likeness (QED) is 0.787. The van der Waals surface area contributed by atoms with Gasteiger partial charge in [0.2, 0.25) is 5.78 Å². The first-order valence-corrected chi connectivity index (χ1v) is 6.16. The summed E-state index contributed by atoms with van der Waals surface area (Å²) in [5.74, 6) is -0.225. The van der Waals surface area contributed by atoms with Crippen molar-refractivity contribution in [1.82, 2.24) is 0 Å². The molecule has 0 atom stereocenters. The molecule has 2 rings (SSSR count). The Kier molecular flexibility index (Phi) is 3.93. The number of benzene rings is 1. The van der Waals surface area contributed by atoms with Crippen LogP contribution < -0.4 is 4.74 Å². The van der Waals surface area contributed by atoms with Gasteiger partial charge in [0.1, 0.15) is 5.75 Å². The van der Waals surface area contributed by atoms with Gasteiger partial charge in [-0.2, -0.15) is 8.78 Å². The zero-order valence-corrected chi connectivity index (χ0v) is 10.5. The second-order valence-electron chi connectivity index (χ2n) is 3.33. The largest absolute Gasteiger partial charge is 0.435 e. The predicted molar refractivity (Wildman–Crippen MR) is 65.8 cm³/mol. The summed E-state index contributed by atoms with van der Waals surface area (Å²) in [6.07, 6.45) is 0. The molecule has 0 saturated heterocycles. The number of halogens is 3. The summed E-state index contributed by atoms with van der Waals surface area (Å²) in [4.78, 5) is 12.4. The minimum atomic E-state index is -2.88. The van der Waals surface area contributed by atoms with Gasteiger partial charge in [0.15, 0.2) is 0 Å². The lowest BCUT2D eigenvalue weighted by Crippen LogP contribution is -2.03. The highest BCUT2D eigenvalue weighted by Gasteiger charge is 2.14. The molecule has 1 heterocycles. The molecule has 0 unspecified atom stereocenters. The fourth-order valence-electron chi connectivity index (χ4n) is 1.37. The second kappa shape index (κ2) is 5.46. The van der Waals surface area contributed by atoms with Crippen LogP contribution in [0, 0.1) is 0 Å². The first kappa shape index (κ1) is 13.0.